The van der Waals surface area contributed by atoms with E-state index in [9.17, 15) is 0 Å². The lowest BCUT2D eigenvalue weighted by molar-refractivity contribution is 0.300. The summed E-state index contributed by atoms with van der Waals surface area (Å²) in [4.78, 5) is 15.0. The number of nitrogens with zero attached hydrogens (tertiary/aromatic N) is 3. The monoisotopic (exact) mass is 362 g/mol. The Morgan fingerprint density at radius 2 is 1.85 bits per heavy atom. The molecule has 0 radical (unpaired) electrons. The summed E-state index contributed by atoms with van der Waals surface area (Å²) < 4.78 is 5.92. The molecule has 26 heavy (non-hydrogen) atoms. The summed E-state index contributed by atoms with van der Waals surface area (Å²) in [5.74, 6) is 0.710. The van der Waals surface area contributed by atoms with Crippen molar-refractivity contribution in [3.63, 3.8) is 0 Å². The Kier molecular flexibility index (Phi) is 3.71. The molecule has 2 aromatic heterocycles. The molecule has 1 aliphatic rings. The zero-order valence-corrected chi connectivity index (χ0v) is 15.1. The van der Waals surface area contributed by atoms with Gasteiger partial charge in [0.1, 0.15) is 11.3 Å². The Balaban J connectivity index is 1.52. The molecule has 5 rings (SSSR count). The van der Waals surface area contributed by atoms with Crippen LogP contribution in [0.15, 0.2) is 42.5 Å². The fraction of sp³-hybridized carbons (Fsp3) is 0.250. The van der Waals surface area contributed by atoms with Crippen LogP contribution in [0.5, 0.6) is 5.75 Å². The van der Waals surface area contributed by atoms with Gasteiger partial charge in [0.25, 0.3) is 5.17 Å². The Hall–Kier alpha value is -2.73. The van der Waals surface area contributed by atoms with Gasteiger partial charge in [0.2, 0.25) is 0 Å². The van der Waals surface area contributed by atoms with Gasteiger partial charge in [0.15, 0.2) is 5.65 Å². The predicted molar refractivity (Wildman–Crippen MR) is 108 cm³/mol. The third kappa shape index (κ3) is 2.66. The van der Waals surface area contributed by atoms with E-state index in [-0.39, 0.29) is 0 Å². The number of benzene rings is 2. The SMILES string of the molecule is S=C(Oc1ccc2nc3[nH]c4ccccc4c3nc2c1)N1CCCCC1. The summed E-state index contributed by atoms with van der Waals surface area (Å²) in [5.41, 5.74) is 4.36. The van der Waals surface area contributed by atoms with E-state index in [0.29, 0.717) is 10.9 Å². The number of nitrogens with one attached hydrogen (secondary N) is 1. The summed E-state index contributed by atoms with van der Waals surface area (Å²) >= 11 is 5.47. The van der Waals surface area contributed by atoms with Crippen molar-refractivity contribution in [2.75, 3.05) is 13.1 Å². The molecule has 1 fully saturated rings. The molecule has 0 bridgehead atoms. The van der Waals surface area contributed by atoms with Gasteiger partial charge in [-0.25, -0.2) is 9.97 Å². The molecule has 0 atom stereocenters. The molecule has 0 aliphatic carbocycles. The van der Waals surface area contributed by atoms with Crippen LogP contribution < -0.4 is 4.74 Å². The highest BCUT2D eigenvalue weighted by atomic mass is 32.1. The fourth-order valence-corrected chi connectivity index (χ4v) is 3.82. The van der Waals surface area contributed by atoms with Gasteiger partial charge in [0, 0.05) is 30.1 Å². The number of thiocarbonyl (C=S) groups is 1. The molecule has 2 aromatic carbocycles. The molecule has 0 unspecified atom stereocenters. The second kappa shape index (κ2) is 6.21. The van der Waals surface area contributed by atoms with Crippen molar-refractivity contribution >= 4 is 50.5 Å². The van der Waals surface area contributed by atoms with Crippen molar-refractivity contribution in [1.82, 2.24) is 19.9 Å². The van der Waals surface area contributed by atoms with E-state index in [1.807, 2.05) is 36.4 Å². The maximum absolute atomic E-state index is 5.92. The van der Waals surface area contributed by atoms with Crippen LogP contribution in [0.1, 0.15) is 19.3 Å². The van der Waals surface area contributed by atoms with Crippen molar-refractivity contribution in [1.29, 1.82) is 0 Å². The fourth-order valence-electron chi connectivity index (χ4n) is 3.54. The number of fused-ring (bicyclic) bond motifs is 4. The molecule has 1 saturated heterocycles. The Morgan fingerprint density at radius 1 is 1.00 bits per heavy atom. The summed E-state index contributed by atoms with van der Waals surface area (Å²) in [6.07, 6.45) is 3.61. The molecular weight excluding hydrogens is 344 g/mol. The Bertz CT molecular complexity index is 1130. The van der Waals surface area contributed by atoms with Crippen LogP contribution in [0, 0.1) is 0 Å². The van der Waals surface area contributed by atoms with Crippen LogP contribution in [-0.4, -0.2) is 38.1 Å². The Labute approximate surface area is 156 Å². The molecule has 0 spiro atoms. The van der Waals surface area contributed by atoms with Crippen molar-refractivity contribution in [2.24, 2.45) is 0 Å². The number of aromatic nitrogens is 3. The summed E-state index contributed by atoms with van der Waals surface area (Å²) in [7, 11) is 0. The molecule has 1 aliphatic heterocycles. The van der Waals surface area contributed by atoms with Crippen molar-refractivity contribution < 1.29 is 4.74 Å². The average Bonchev–Trinajstić information content (AvgIpc) is 3.04. The van der Waals surface area contributed by atoms with E-state index >= 15 is 0 Å². The number of aromatic amines is 1. The molecule has 3 heterocycles. The van der Waals surface area contributed by atoms with Gasteiger partial charge in [-0.05, 0) is 49.7 Å². The first-order chi connectivity index (χ1) is 12.8. The molecule has 1 N–H and O–H groups in total. The summed E-state index contributed by atoms with van der Waals surface area (Å²) in [5, 5.41) is 1.62. The minimum absolute atomic E-state index is 0.546. The van der Waals surface area contributed by atoms with Gasteiger partial charge in [0.05, 0.1) is 11.0 Å². The van der Waals surface area contributed by atoms with Crippen LogP contribution >= 0.6 is 12.2 Å². The summed E-state index contributed by atoms with van der Waals surface area (Å²) in [6.45, 7) is 1.95. The first-order valence-electron chi connectivity index (χ1n) is 8.93. The van der Waals surface area contributed by atoms with Gasteiger partial charge in [-0.1, -0.05) is 18.2 Å². The standard InChI is InChI=1S/C20H18N4OS/c26-20(24-10-4-1-5-11-24)25-13-8-9-16-17(12-13)21-18-14-6-2-3-7-15(14)22-19(18)23-16/h2-3,6-9,12H,1,4-5,10-11H2,(H,22,23). The highest BCUT2D eigenvalue weighted by Gasteiger charge is 2.15. The maximum atomic E-state index is 5.92. The van der Waals surface area contributed by atoms with Crippen LogP contribution in [0.4, 0.5) is 0 Å². The lowest BCUT2D eigenvalue weighted by Gasteiger charge is -2.28. The number of para-hydroxylation sites is 1. The van der Waals surface area contributed by atoms with Crippen LogP contribution in [0.3, 0.4) is 0 Å². The third-order valence-corrected chi connectivity index (χ3v) is 5.23. The number of rotatable bonds is 1. The van der Waals surface area contributed by atoms with Crippen molar-refractivity contribution in [3.05, 3.63) is 42.5 Å². The third-order valence-electron chi connectivity index (χ3n) is 4.89. The topological polar surface area (TPSA) is 54.0 Å². The first-order valence-corrected chi connectivity index (χ1v) is 9.34. The van der Waals surface area contributed by atoms with Crippen molar-refractivity contribution in [3.8, 4) is 5.75 Å². The largest absolute Gasteiger partial charge is 0.432 e. The summed E-state index contributed by atoms with van der Waals surface area (Å²) in [6, 6.07) is 13.9. The minimum atomic E-state index is 0.546. The van der Waals surface area contributed by atoms with Crippen molar-refractivity contribution in [2.45, 2.75) is 19.3 Å². The number of likely N-dealkylation sites (tertiary alicyclic amines) is 1. The normalized spacial score (nSPS) is 15.0. The van der Waals surface area contributed by atoms with E-state index in [4.69, 9.17) is 26.9 Å². The number of piperidine rings is 1. The van der Waals surface area contributed by atoms with Crippen LogP contribution in [-0.2, 0) is 0 Å². The number of ether oxygens (including phenoxy) is 1. The second-order valence-electron chi connectivity index (χ2n) is 6.66. The molecule has 5 nitrogen and oxygen atoms in total. The maximum Gasteiger partial charge on any atom is 0.264 e. The highest BCUT2D eigenvalue weighted by molar-refractivity contribution is 7.80. The first kappa shape index (κ1) is 15.5. The lowest BCUT2D eigenvalue weighted by atomic mass is 10.1. The van der Waals surface area contributed by atoms with E-state index in [2.05, 4.69) is 16.0 Å². The second-order valence-corrected chi connectivity index (χ2v) is 7.01. The highest BCUT2D eigenvalue weighted by Crippen LogP contribution is 2.26. The van der Waals surface area contributed by atoms with Gasteiger partial charge in [-0.2, -0.15) is 0 Å². The van der Waals surface area contributed by atoms with Gasteiger partial charge in [-0.15, -0.1) is 0 Å². The van der Waals surface area contributed by atoms with E-state index in [1.165, 1.54) is 19.3 Å². The molecular formula is C20H18N4OS. The average molecular weight is 362 g/mol. The molecule has 4 aromatic rings. The predicted octanol–water partition coefficient (Wildman–Crippen LogP) is 4.41. The van der Waals surface area contributed by atoms with Gasteiger partial charge in [-0.3, -0.25) is 0 Å². The lowest BCUT2D eigenvalue weighted by Crippen LogP contribution is -2.37. The van der Waals surface area contributed by atoms with Gasteiger partial charge < -0.3 is 14.6 Å². The minimum Gasteiger partial charge on any atom is -0.432 e. The number of H-pyrrole nitrogens is 1. The van der Waals surface area contributed by atoms with Crippen LogP contribution in [0.25, 0.3) is 33.1 Å². The molecule has 130 valence electrons. The Morgan fingerprint density at radius 3 is 2.73 bits per heavy atom. The van der Waals surface area contributed by atoms with E-state index < -0.39 is 0 Å². The quantitative estimate of drug-likeness (QED) is 0.508. The van der Waals surface area contributed by atoms with Crippen LogP contribution in [0.2, 0.25) is 0 Å². The number of hydrogen-bond donors (Lipinski definition) is 1. The number of hydrogen-bond acceptors (Lipinski definition) is 4. The molecule has 0 saturated carbocycles. The van der Waals surface area contributed by atoms with Gasteiger partial charge >= 0.3 is 0 Å². The van der Waals surface area contributed by atoms with E-state index in [0.717, 1.165) is 46.2 Å². The zero-order chi connectivity index (χ0) is 17.5. The van der Waals surface area contributed by atoms with E-state index in [1.54, 1.807) is 0 Å². The zero-order valence-electron chi connectivity index (χ0n) is 14.2. The molecule has 0 amide bonds. The smallest absolute Gasteiger partial charge is 0.264 e. The molecule has 6 heteroatoms.